The third kappa shape index (κ3) is 3.73. The molecule has 1 aromatic rings. The van der Waals surface area contributed by atoms with Crippen LogP contribution in [0.25, 0.3) is 0 Å². The lowest BCUT2D eigenvalue weighted by atomic mass is 10.3. The second kappa shape index (κ2) is 6.39. The summed E-state index contributed by atoms with van der Waals surface area (Å²) in [6.07, 6.45) is 2.44. The maximum absolute atomic E-state index is 11.6. The molecule has 0 unspecified atom stereocenters. The first-order chi connectivity index (χ1) is 8.75. The highest BCUT2D eigenvalue weighted by Crippen LogP contribution is 2.16. The quantitative estimate of drug-likeness (QED) is 0.859. The fraction of sp³-hybridized carbons (Fsp3) is 0.417. The molecule has 1 aromatic heterocycles. The molecule has 1 fully saturated rings. The molecule has 1 saturated heterocycles. The number of pyridine rings is 1. The molecule has 96 valence electrons. The SMILES string of the molecule is O=C(CN1CCSC1=O)NCCc1ccccn1. The Bertz CT molecular complexity index is 425. The topological polar surface area (TPSA) is 62.3 Å². The number of carbonyl (C=O) groups is 2. The summed E-state index contributed by atoms with van der Waals surface area (Å²) < 4.78 is 0. The Hall–Kier alpha value is -1.56. The van der Waals surface area contributed by atoms with E-state index in [0.717, 1.165) is 11.4 Å². The van der Waals surface area contributed by atoms with Gasteiger partial charge in [0.05, 0.1) is 0 Å². The maximum atomic E-state index is 11.6. The summed E-state index contributed by atoms with van der Waals surface area (Å²) in [5.74, 6) is 0.668. The minimum atomic E-state index is -0.109. The molecule has 0 bridgehead atoms. The number of nitrogens with one attached hydrogen (secondary N) is 1. The number of thioether (sulfide) groups is 1. The first-order valence-electron chi connectivity index (χ1n) is 5.84. The Kier molecular flexibility index (Phi) is 4.58. The molecule has 1 N–H and O–H groups in total. The van der Waals surface area contributed by atoms with Crippen LogP contribution < -0.4 is 5.32 Å². The van der Waals surface area contributed by atoms with Gasteiger partial charge < -0.3 is 10.2 Å². The minimum Gasteiger partial charge on any atom is -0.354 e. The second-order valence-electron chi connectivity index (χ2n) is 3.96. The van der Waals surface area contributed by atoms with Crippen molar-refractivity contribution in [3.63, 3.8) is 0 Å². The van der Waals surface area contributed by atoms with Crippen molar-refractivity contribution in [1.29, 1.82) is 0 Å². The number of aromatic nitrogens is 1. The molecule has 6 heteroatoms. The minimum absolute atomic E-state index is 0.00474. The number of amides is 2. The normalized spacial score (nSPS) is 14.9. The molecule has 18 heavy (non-hydrogen) atoms. The van der Waals surface area contributed by atoms with Crippen LogP contribution in [0, 0.1) is 0 Å². The van der Waals surface area contributed by atoms with Gasteiger partial charge in [-0.1, -0.05) is 17.8 Å². The first-order valence-corrected chi connectivity index (χ1v) is 6.82. The maximum Gasteiger partial charge on any atom is 0.282 e. The van der Waals surface area contributed by atoms with Crippen LogP contribution in [0.5, 0.6) is 0 Å². The van der Waals surface area contributed by atoms with Crippen molar-refractivity contribution in [1.82, 2.24) is 15.2 Å². The fourth-order valence-corrected chi connectivity index (χ4v) is 2.50. The summed E-state index contributed by atoms with van der Waals surface area (Å²) in [6, 6.07) is 5.70. The van der Waals surface area contributed by atoms with Crippen molar-refractivity contribution in [3.8, 4) is 0 Å². The zero-order chi connectivity index (χ0) is 12.8. The Balaban J connectivity index is 1.67. The molecule has 1 aliphatic rings. The van der Waals surface area contributed by atoms with Crippen LogP contribution in [-0.2, 0) is 11.2 Å². The van der Waals surface area contributed by atoms with Crippen molar-refractivity contribution >= 4 is 22.9 Å². The van der Waals surface area contributed by atoms with Gasteiger partial charge in [-0.2, -0.15) is 0 Å². The highest BCUT2D eigenvalue weighted by Gasteiger charge is 2.22. The average molecular weight is 265 g/mol. The van der Waals surface area contributed by atoms with E-state index in [-0.39, 0.29) is 17.7 Å². The number of hydrogen-bond acceptors (Lipinski definition) is 4. The molecule has 0 radical (unpaired) electrons. The van der Waals surface area contributed by atoms with Gasteiger partial charge in [0.1, 0.15) is 6.54 Å². The first kappa shape index (κ1) is 12.9. The van der Waals surface area contributed by atoms with E-state index in [4.69, 9.17) is 0 Å². The Morgan fingerprint density at radius 3 is 3.06 bits per heavy atom. The smallest absolute Gasteiger partial charge is 0.282 e. The largest absolute Gasteiger partial charge is 0.354 e. The molecule has 1 aliphatic heterocycles. The summed E-state index contributed by atoms with van der Waals surface area (Å²) in [7, 11) is 0. The van der Waals surface area contributed by atoms with Gasteiger partial charge in [0.2, 0.25) is 5.91 Å². The molecule has 0 aliphatic carbocycles. The molecule has 2 heterocycles. The van der Waals surface area contributed by atoms with Crippen LogP contribution in [0.15, 0.2) is 24.4 Å². The van der Waals surface area contributed by atoms with E-state index in [9.17, 15) is 9.59 Å². The van der Waals surface area contributed by atoms with Crippen LogP contribution in [0.3, 0.4) is 0 Å². The van der Waals surface area contributed by atoms with E-state index >= 15 is 0 Å². The fourth-order valence-electron chi connectivity index (χ4n) is 1.67. The standard InChI is InChI=1S/C12H15N3O2S/c16-11(9-15-7-8-18-12(15)17)14-6-4-10-3-1-2-5-13-10/h1-3,5H,4,6-9H2,(H,14,16). The lowest BCUT2D eigenvalue weighted by Crippen LogP contribution is -2.38. The zero-order valence-corrected chi connectivity index (χ0v) is 10.8. The molecule has 5 nitrogen and oxygen atoms in total. The van der Waals surface area contributed by atoms with Gasteiger partial charge in [-0.25, -0.2) is 0 Å². The third-order valence-electron chi connectivity index (χ3n) is 2.61. The highest BCUT2D eigenvalue weighted by molar-refractivity contribution is 8.13. The number of hydrogen-bond donors (Lipinski definition) is 1. The third-order valence-corrected chi connectivity index (χ3v) is 3.50. The van der Waals surface area contributed by atoms with Crippen LogP contribution >= 0.6 is 11.8 Å². The van der Waals surface area contributed by atoms with Gasteiger partial charge >= 0.3 is 0 Å². The molecular formula is C12H15N3O2S. The van der Waals surface area contributed by atoms with Crippen LogP contribution in [0.4, 0.5) is 4.79 Å². The molecule has 0 atom stereocenters. The van der Waals surface area contributed by atoms with Gasteiger partial charge in [0, 0.05) is 37.2 Å². The summed E-state index contributed by atoms with van der Waals surface area (Å²) in [6.45, 7) is 1.37. The number of rotatable bonds is 5. The summed E-state index contributed by atoms with van der Waals surface area (Å²) in [4.78, 5) is 28.6. The predicted octanol–water partition coefficient (Wildman–Crippen LogP) is 0.909. The van der Waals surface area contributed by atoms with Gasteiger partial charge in [-0.3, -0.25) is 14.6 Å². The average Bonchev–Trinajstić information content (AvgIpc) is 2.76. The van der Waals surface area contributed by atoms with Crippen molar-refractivity contribution in [2.24, 2.45) is 0 Å². The van der Waals surface area contributed by atoms with Crippen LogP contribution in [0.2, 0.25) is 0 Å². The van der Waals surface area contributed by atoms with Gasteiger partial charge in [-0.15, -0.1) is 0 Å². The van der Waals surface area contributed by atoms with E-state index in [1.165, 1.54) is 11.8 Å². The summed E-state index contributed by atoms with van der Waals surface area (Å²) in [5, 5.41) is 2.79. The lowest BCUT2D eigenvalue weighted by molar-refractivity contribution is -0.121. The van der Waals surface area contributed by atoms with E-state index in [2.05, 4.69) is 10.3 Å². The molecule has 2 rings (SSSR count). The van der Waals surface area contributed by atoms with Crippen molar-refractivity contribution in [3.05, 3.63) is 30.1 Å². The zero-order valence-electron chi connectivity index (χ0n) is 9.96. The molecule has 2 amide bonds. The van der Waals surface area contributed by atoms with E-state index in [1.807, 2.05) is 18.2 Å². The van der Waals surface area contributed by atoms with E-state index in [0.29, 0.717) is 19.5 Å². The molecule has 0 spiro atoms. The molecule has 0 aromatic carbocycles. The van der Waals surface area contributed by atoms with Crippen molar-refractivity contribution in [2.75, 3.05) is 25.4 Å². The number of carbonyl (C=O) groups excluding carboxylic acids is 2. The van der Waals surface area contributed by atoms with Crippen LogP contribution in [0.1, 0.15) is 5.69 Å². The highest BCUT2D eigenvalue weighted by atomic mass is 32.2. The second-order valence-corrected chi connectivity index (χ2v) is 5.00. The van der Waals surface area contributed by atoms with Crippen molar-refractivity contribution in [2.45, 2.75) is 6.42 Å². The summed E-state index contributed by atoms with van der Waals surface area (Å²) >= 11 is 1.27. The predicted molar refractivity (Wildman–Crippen MR) is 70.4 cm³/mol. The van der Waals surface area contributed by atoms with Crippen LogP contribution in [-0.4, -0.2) is 46.4 Å². The lowest BCUT2D eigenvalue weighted by Gasteiger charge is -2.13. The Morgan fingerprint density at radius 1 is 1.50 bits per heavy atom. The monoisotopic (exact) mass is 265 g/mol. The van der Waals surface area contributed by atoms with Gasteiger partial charge in [0.15, 0.2) is 0 Å². The van der Waals surface area contributed by atoms with E-state index in [1.54, 1.807) is 11.1 Å². The van der Waals surface area contributed by atoms with Crippen molar-refractivity contribution < 1.29 is 9.59 Å². The van der Waals surface area contributed by atoms with E-state index < -0.39 is 0 Å². The Morgan fingerprint density at radius 2 is 2.39 bits per heavy atom. The van der Waals surface area contributed by atoms with Gasteiger partial charge in [0.25, 0.3) is 5.24 Å². The number of nitrogens with zero attached hydrogens (tertiary/aromatic N) is 2. The molecular weight excluding hydrogens is 250 g/mol. The summed E-state index contributed by atoms with van der Waals surface area (Å²) in [5.41, 5.74) is 0.950. The Labute approximate surface area is 110 Å². The van der Waals surface area contributed by atoms with Gasteiger partial charge in [-0.05, 0) is 12.1 Å². The molecule has 0 saturated carbocycles.